The van der Waals surface area contributed by atoms with Gasteiger partial charge >= 0.3 is 0 Å². The maximum Gasteiger partial charge on any atom is 0.192 e. The fourth-order valence-corrected chi connectivity index (χ4v) is 6.78. The molecule has 0 amide bonds. The van der Waals surface area contributed by atoms with Crippen LogP contribution in [0.2, 0.25) is 18.1 Å². The molecule has 2 aliphatic heterocycles. The standard InChI is InChI=1S/C32H48O7Si/c1-30(2,3)40(7,8)38-28-20-27-31(4,22-36-29(37-27)24-12-10-9-11-13-24)39-32(28,5)26(18-19-33)35-21-23-14-16-25(34-6)17-15-23/h9-17,26-29,33H,18-22H2,1-8H3/t26-,27-,28+,29+,31+,32-/m0/s1. The van der Waals surface area contributed by atoms with Gasteiger partial charge in [0.15, 0.2) is 14.6 Å². The molecule has 4 rings (SSSR count). The summed E-state index contributed by atoms with van der Waals surface area (Å²) in [5, 5.41) is 10.1. The minimum absolute atomic E-state index is 0.00813. The van der Waals surface area contributed by atoms with Gasteiger partial charge in [-0.05, 0) is 56.1 Å². The Balaban J connectivity index is 1.63. The summed E-state index contributed by atoms with van der Waals surface area (Å²) < 4.78 is 38.8. The van der Waals surface area contributed by atoms with Gasteiger partial charge in [-0.25, -0.2) is 0 Å². The molecule has 40 heavy (non-hydrogen) atoms. The number of methoxy groups -OCH3 is 1. The van der Waals surface area contributed by atoms with Crippen LogP contribution in [0.5, 0.6) is 5.75 Å². The Morgan fingerprint density at radius 2 is 1.73 bits per heavy atom. The lowest BCUT2D eigenvalue weighted by atomic mass is 9.78. The SMILES string of the molecule is COc1ccc(CO[C@@H](CCO)[C@]2(C)O[C@]3(C)CO[C@@H](c4ccccc4)O[C@H]3C[C@H]2O[Si](C)(C)C(C)(C)C)cc1. The van der Waals surface area contributed by atoms with Crippen LogP contribution in [0.25, 0.3) is 0 Å². The highest BCUT2D eigenvalue weighted by Crippen LogP contribution is 2.49. The molecule has 6 atom stereocenters. The van der Waals surface area contributed by atoms with E-state index in [2.05, 4.69) is 47.7 Å². The summed E-state index contributed by atoms with van der Waals surface area (Å²) in [7, 11) is -0.554. The molecule has 7 nitrogen and oxygen atoms in total. The molecule has 222 valence electrons. The Kier molecular flexibility index (Phi) is 9.52. The van der Waals surface area contributed by atoms with Gasteiger partial charge in [0, 0.05) is 18.6 Å². The van der Waals surface area contributed by atoms with Crippen molar-refractivity contribution in [3.8, 4) is 5.75 Å². The van der Waals surface area contributed by atoms with Crippen LogP contribution in [0.3, 0.4) is 0 Å². The van der Waals surface area contributed by atoms with Gasteiger partial charge < -0.3 is 33.2 Å². The lowest BCUT2D eigenvalue weighted by Crippen LogP contribution is -2.70. The van der Waals surface area contributed by atoms with E-state index in [0.717, 1.165) is 16.9 Å². The van der Waals surface area contributed by atoms with Crippen LogP contribution < -0.4 is 4.74 Å². The molecular weight excluding hydrogens is 524 g/mol. The lowest BCUT2D eigenvalue weighted by Gasteiger charge is -2.58. The van der Waals surface area contributed by atoms with E-state index in [1.165, 1.54) is 0 Å². The number of hydrogen-bond donors (Lipinski definition) is 1. The molecule has 0 aromatic heterocycles. The summed E-state index contributed by atoms with van der Waals surface area (Å²) in [6.45, 7) is 16.1. The van der Waals surface area contributed by atoms with Crippen molar-refractivity contribution in [1.29, 1.82) is 0 Å². The molecule has 2 fully saturated rings. The molecule has 2 aromatic carbocycles. The lowest BCUT2D eigenvalue weighted by molar-refractivity contribution is -0.368. The predicted molar refractivity (Wildman–Crippen MR) is 158 cm³/mol. The summed E-state index contributed by atoms with van der Waals surface area (Å²) >= 11 is 0. The molecular formula is C32H48O7Si. The van der Waals surface area contributed by atoms with E-state index in [0.29, 0.717) is 26.1 Å². The first-order chi connectivity index (χ1) is 18.8. The highest BCUT2D eigenvalue weighted by Gasteiger charge is 2.60. The summed E-state index contributed by atoms with van der Waals surface area (Å²) in [6, 6.07) is 17.9. The number of rotatable bonds is 10. The molecule has 0 unspecified atom stereocenters. The largest absolute Gasteiger partial charge is 0.497 e. The molecule has 0 saturated carbocycles. The molecule has 0 bridgehead atoms. The van der Waals surface area contributed by atoms with Crippen LogP contribution in [0.1, 0.15) is 64.9 Å². The minimum Gasteiger partial charge on any atom is -0.497 e. The van der Waals surface area contributed by atoms with Crippen molar-refractivity contribution in [1.82, 2.24) is 0 Å². The van der Waals surface area contributed by atoms with Crippen molar-refractivity contribution in [2.75, 3.05) is 20.3 Å². The Labute approximate surface area is 241 Å². The third kappa shape index (κ3) is 6.64. The summed E-state index contributed by atoms with van der Waals surface area (Å²) in [6.07, 6.45) is -0.350. The molecule has 1 N–H and O–H groups in total. The van der Waals surface area contributed by atoms with Crippen LogP contribution in [0.15, 0.2) is 54.6 Å². The Bertz CT molecular complexity index is 1090. The minimum atomic E-state index is -2.21. The maximum absolute atomic E-state index is 10.1. The van der Waals surface area contributed by atoms with Crippen molar-refractivity contribution in [3.63, 3.8) is 0 Å². The van der Waals surface area contributed by atoms with Crippen molar-refractivity contribution in [2.45, 2.75) is 108 Å². The number of aliphatic hydroxyl groups excluding tert-OH is 1. The molecule has 2 aliphatic rings. The second kappa shape index (κ2) is 12.2. The van der Waals surface area contributed by atoms with E-state index in [1.807, 2.05) is 54.6 Å². The van der Waals surface area contributed by atoms with Crippen LogP contribution in [0, 0.1) is 0 Å². The quantitative estimate of drug-likeness (QED) is 0.330. The van der Waals surface area contributed by atoms with Crippen molar-refractivity contribution >= 4 is 8.32 Å². The van der Waals surface area contributed by atoms with Gasteiger partial charge in [-0.2, -0.15) is 0 Å². The van der Waals surface area contributed by atoms with Crippen LogP contribution in [-0.4, -0.2) is 63.3 Å². The number of hydrogen-bond acceptors (Lipinski definition) is 7. The Hall–Kier alpha value is -1.78. The molecule has 2 aromatic rings. The smallest absolute Gasteiger partial charge is 0.192 e. The second-order valence-electron chi connectivity index (χ2n) is 13.0. The summed E-state index contributed by atoms with van der Waals surface area (Å²) in [5.74, 6) is 0.797. The van der Waals surface area contributed by atoms with Crippen molar-refractivity contribution in [3.05, 3.63) is 65.7 Å². The van der Waals surface area contributed by atoms with E-state index < -0.39 is 31.9 Å². The van der Waals surface area contributed by atoms with Crippen molar-refractivity contribution in [2.24, 2.45) is 0 Å². The van der Waals surface area contributed by atoms with Gasteiger partial charge in [-0.15, -0.1) is 0 Å². The molecule has 0 spiro atoms. The zero-order valence-electron chi connectivity index (χ0n) is 25.4. The molecule has 0 aliphatic carbocycles. The maximum atomic E-state index is 10.1. The zero-order chi connectivity index (χ0) is 29.2. The van der Waals surface area contributed by atoms with Gasteiger partial charge in [-0.3, -0.25) is 0 Å². The molecule has 2 heterocycles. The number of aliphatic hydroxyl groups is 1. The summed E-state index contributed by atoms with van der Waals surface area (Å²) in [4.78, 5) is 0. The molecule has 2 saturated heterocycles. The first kappa shape index (κ1) is 31.2. The average molecular weight is 573 g/mol. The van der Waals surface area contributed by atoms with Crippen LogP contribution in [0.4, 0.5) is 0 Å². The monoisotopic (exact) mass is 572 g/mol. The topological polar surface area (TPSA) is 75.6 Å². The third-order valence-corrected chi connectivity index (χ3v) is 13.5. The highest BCUT2D eigenvalue weighted by molar-refractivity contribution is 6.74. The fraction of sp³-hybridized carbons (Fsp3) is 0.625. The molecule has 8 heteroatoms. The fourth-order valence-electron chi connectivity index (χ4n) is 5.39. The van der Waals surface area contributed by atoms with Gasteiger partial charge in [-0.1, -0.05) is 63.2 Å². The summed E-state index contributed by atoms with van der Waals surface area (Å²) in [5.41, 5.74) is 0.456. The highest BCUT2D eigenvalue weighted by atomic mass is 28.4. The Morgan fingerprint density at radius 3 is 2.33 bits per heavy atom. The van der Waals surface area contributed by atoms with Gasteiger partial charge in [0.25, 0.3) is 0 Å². The van der Waals surface area contributed by atoms with Gasteiger partial charge in [0.05, 0.1) is 38.6 Å². The van der Waals surface area contributed by atoms with Gasteiger partial charge in [0.2, 0.25) is 0 Å². The van der Waals surface area contributed by atoms with Crippen LogP contribution in [-0.2, 0) is 30.0 Å². The number of fused-ring (bicyclic) bond motifs is 1. The number of ether oxygens (including phenoxy) is 5. The van der Waals surface area contributed by atoms with Crippen molar-refractivity contribution < 1.29 is 33.2 Å². The Morgan fingerprint density at radius 1 is 1.05 bits per heavy atom. The van der Waals surface area contributed by atoms with E-state index >= 15 is 0 Å². The van der Waals surface area contributed by atoms with E-state index in [9.17, 15) is 5.11 Å². The third-order valence-electron chi connectivity index (χ3n) is 8.97. The molecule has 0 radical (unpaired) electrons. The van der Waals surface area contributed by atoms with Gasteiger partial charge in [0.1, 0.15) is 17.0 Å². The zero-order valence-corrected chi connectivity index (χ0v) is 26.4. The number of benzene rings is 2. The first-order valence-corrected chi connectivity index (χ1v) is 17.3. The average Bonchev–Trinajstić information content (AvgIpc) is 2.91. The predicted octanol–water partition coefficient (Wildman–Crippen LogP) is 6.41. The van der Waals surface area contributed by atoms with E-state index in [4.69, 9.17) is 28.1 Å². The normalized spacial score (nSPS) is 30.0. The van der Waals surface area contributed by atoms with E-state index in [1.54, 1.807) is 7.11 Å². The van der Waals surface area contributed by atoms with Crippen LogP contribution >= 0.6 is 0 Å². The second-order valence-corrected chi connectivity index (χ2v) is 17.8. The first-order valence-electron chi connectivity index (χ1n) is 14.4. The van der Waals surface area contributed by atoms with E-state index in [-0.39, 0.29) is 23.9 Å².